The molecule has 6 nitrogen and oxygen atoms in total. The number of hydrogen-bond acceptors (Lipinski definition) is 4. The lowest BCUT2D eigenvalue weighted by molar-refractivity contribution is -0.117. The number of nitrogens with two attached hydrogens (primary N) is 2. The Balaban J connectivity index is 1.84. The molecule has 0 atom stereocenters. The summed E-state index contributed by atoms with van der Waals surface area (Å²) < 4.78 is 2.25. The van der Waals surface area contributed by atoms with Crippen molar-refractivity contribution in [2.45, 2.75) is 58.4 Å². The summed E-state index contributed by atoms with van der Waals surface area (Å²) in [6, 6.07) is 6.24. The summed E-state index contributed by atoms with van der Waals surface area (Å²) in [5.41, 5.74) is 15.0. The first-order valence-electron chi connectivity index (χ1n) is 10.1. The van der Waals surface area contributed by atoms with E-state index < -0.39 is 0 Å². The average molecular weight is 380 g/mol. The molecule has 0 spiro atoms. The molecular weight excluding hydrogens is 350 g/mol. The van der Waals surface area contributed by atoms with E-state index in [0.717, 1.165) is 40.6 Å². The van der Waals surface area contributed by atoms with Crippen molar-refractivity contribution in [2.24, 2.45) is 5.73 Å². The summed E-state index contributed by atoms with van der Waals surface area (Å²) in [7, 11) is 0. The third-order valence-electron chi connectivity index (χ3n) is 5.09. The van der Waals surface area contributed by atoms with Crippen molar-refractivity contribution in [3.63, 3.8) is 0 Å². The van der Waals surface area contributed by atoms with Gasteiger partial charge in [-0.1, -0.05) is 45.1 Å². The Morgan fingerprint density at radius 1 is 1.04 bits per heavy atom. The van der Waals surface area contributed by atoms with Crippen LogP contribution in [0.4, 0.5) is 5.95 Å². The molecule has 0 radical (unpaired) electrons. The molecule has 0 aliphatic heterocycles. The van der Waals surface area contributed by atoms with E-state index in [0.29, 0.717) is 0 Å². The van der Waals surface area contributed by atoms with Gasteiger partial charge < -0.3 is 16.0 Å². The Kier molecular flexibility index (Phi) is 6.63. The van der Waals surface area contributed by atoms with Crippen LogP contribution in [0.2, 0.25) is 0 Å². The highest BCUT2D eigenvalue weighted by Crippen LogP contribution is 2.28. The van der Waals surface area contributed by atoms with Crippen LogP contribution in [0, 0.1) is 0 Å². The number of primary amides is 1. The number of benzene rings is 1. The summed E-state index contributed by atoms with van der Waals surface area (Å²) in [5, 5.41) is 1.05. The van der Waals surface area contributed by atoms with Gasteiger partial charge in [0.25, 0.3) is 0 Å². The van der Waals surface area contributed by atoms with Gasteiger partial charge >= 0.3 is 0 Å². The molecule has 28 heavy (non-hydrogen) atoms. The second kappa shape index (κ2) is 9.35. The summed E-state index contributed by atoms with van der Waals surface area (Å²) in [6.07, 6.45) is 13.3. The number of carbonyl (C=O) groups excluding carboxylic acids is 1. The lowest BCUT2D eigenvalue weighted by Crippen LogP contribution is -2.13. The van der Waals surface area contributed by atoms with Crippen LogP contribution in [0.15, 0.2) is 36.8 Å². The molecule has 6 heteroatoms. The minimum atomic E-state index is -0.320. The van der Waals surface area contributed by atoms with Gasteiger partial charge in [0.1, 0.15) is 0 Å². The zero-order valence-corrected chi connectivity index (χ0v) is 16.5. The van der Waals surface area contributed by atoms with E-state index in [9.17, 15) is 4.79 Å². The van der Waals surface area contributed by atoms with Crippen molar-refractivity contribution in [2.75, 3.05) is 5.73 Å². The fraction of sp³-hybridized carbons (Fsp3) is 0.409. The maximum absolute atomic E-state index is 11.6. The number of aromatic nitrogens is 3. The number of carbonyl (C=O) groups is 1. The maximum Gasteiger partial charge on any atom is 0.221 e. The standard InChI is InChI=1S/C22H29N5O/c1-2-3-4-5-6-7-10-27-15-17(12-21(23)28)19-11-16(8-9-20(19)27)18-13-25-22(24)26-14-18/h8-9,11,13-15H,2-7,10,12H2,1H3,(H2,23,28)(H2,24,25,26). The van der Waals surface area contributed by atoms with Crippen LogP contribution in [0.25, 0.3) is 22.0 Å². The Morgan fingerprint density at radius 3 is 2.46 bits per heavy atom. The van der Waals surface area contributed by atoms with Crippen LogP contribution in [0.3, 0.4) is 0 Å². The van der Waals surface area contributed by atoms with Gasteiger partial charge in [-0.15, -0.1) is 0 Å². The van der Waals surface area contributed by atoms with Crippen molar-refractivity contribution in [3.8, 4) is 11.1 Å². The van der Waals surface area contributed by atoms with E-state index >= 15 is 0 Å². The third-order valence-corrected chi connectivity index (χ3v) is 5.09. The molecule has 2 aromatic heterocycles. The van der Waals surface area contributed by atoms with Crippen LogP contribution in [0.5, 0.6) is 0 Å². The van der Waals surface area contributed by atoms with Gasteiger partial charge in [0.2, 0.25) is 11.9 Å². The molecule has 0 aliphatic rings. The first-order valence-corrected chi connectivity index (χ1v) is 10.1. The summed E-state index contributed by atoms with van der Waals surface area (Å²) >= 11 is 0. The Hall–Kier alpha value is -2.89. The first kappa shape index (κ1) is 19.9. The molecule has 4 N–H and O–H groups in total. The van der Waals surface area contributed by atoms with Crippen molar-refractivity contribution in [3.05, 3.63) is 42.4 Å². The molecule has 1 aromatic carbocycles. The number of amides is 1. The highest BCUT2D eigenvalue weighted by molar-refractivity contribution is 5.91. The van der Waals surface area contributed by atoms with E-state index in [-0.39, 0.29) is 18.3 Å². The number of nitrogen functional groups attached to an aromatic ring is 1. The molecule has 0 unspecified atom stereocenters. The minimum Gasteiger partial charge on any atom is -0.369 e. The molecule has 0 saturated heterocycles. The number of unbranched alkanes of at least 4 members (excludes halogenated alkanes) is 5. The molecule has 3 aromatic rings. The smallest absolute Gasteiger partial charge is 0.221 e. The van der Waals surface area contributed by atoms with E-state index in [2.05, 4.69) is 45.9 Å². The Bertz CT molecular complexity index is 930. The topological polar surface area (TPSA) is 99.8 Å². The van der Waals surface area contributed by atoms with Gasteiger partial charge in [0.15, 0.2) is 0 Å². The lowest BCUT2D eigenvalue weighted by Gasteiger charge is -2.07. The second-order valence-electron chi connectivity index (χ2n) is 7.32. The van der Waals surface area contributed by atoms with Gasteiger partial charge in [-0.2, -0.15) is 0 Å². The normalized spacial score (nSPS) is 11.2. The summed E-state index contributed by atoms with van der Waals surface area (Å²) in [6.45, 7) is 3.18. The van der Waals surface area contributed by atoms with E-state index in [1.807, 2.05) is 0 Å². The van der Waals surface area contributed by atoms with Crippen LogP contribution < -0.4 is 11.5 Å². The van der Waals surface area contributed by atoms with Crippen LogP contribution in [-0.4, -0.2) is 20.4 Å². The van der Waals surface area contributed by atoms with E-state index in [1.54, 1.807) is 12.4 Å². The molecule has 1 amide bonds. The highest BCUT2D eigenvalue weighted by atomic mass is 16.1. The highest BCUT2D eigenvalue weighted by Gasteiger charge is 2.12. The number of hydrogen-bond donors (Lipinski definition) is 2. The van der Waals surface area contributed by atoms with Gasteiger partial charge in [0.05, 0.1) is 6.42 Å². The van der Waals surface area contributed by atoms with Crippen molar-refractivity contribution >= 4 is 22.8 Å². The summed E-state index contributed by atoms with van der Waals surface area (Å²) in [4.78, 5) is 19.7. The number of nitrogens with zero attached hydrogens (tertiary/aromatic N) is 3. The molecule has 148 valence electrons. The fourth-order valence-corrected chi connectivity index (χ4v) is 3.61. The van der Waals surface area contributed by atoms with Crippen LogP contribution in [-0.2, 0) is 17.8 Å². The molecule has 0 bridgehead atoms. The zero-order chi connectivity index (χ0) is 19.9. The molecule has 0 saturated carbocycles. The third kappa shape index (κ3) is 4.88. The van der Waals surface area contributed by atoms with Gasteiger partial charge in [-0.25, -0.2) is 9.97 Å². The fourth-order valence-electron chi connectivity index (χ4n) is 3.61. The molecule has 0 aliphatic carbocycles. The largest absolute Gasteiger partial charge is 0.369 e. The van der Waals surface area contributed by atoms with Gasteiger partial charge in [-0.3, -0.25) is 4.79 Å². The van der Waals surface area contributed by atoms with Crippen LogP contribution >= 0.6 is 0 Å². The Labute approximate surface area is 166 Å². The Morgan fingerprint density at radius 2 is 1.75 bits per heavy atom. The van der Waals surface area contributed by atoms with E-state index in [4.69, 9.17) is 11.5 Å². The molecule has 3 rings (SSSR count). The number of aryl methyl sites for hydroxylation is 1. The second-order valence-corrected chi connectivity index (χ2v) is 7.32. The predicted molar refractivity (Wildman–Crippen MR) is 114 cm³/mol. The van der Waals surface area contributed by atoms with Gasteiger partial charge in [-0.05, 0) is 29.7 Å². The number of rotatable bonds is 10. The number of fused-ring (bicyclic) bond motifs is 1. The van der Waals surface area contributed by atoms with Crippen molar-refractivity contribution in [1.82, 2.24) is 14.5 Å². The maximum atomic E-state index is 11.6. The monoisotopic (exact) mass is 379 g/mol. The molecule has 2 heterocycles. The average Bonchev–Trinajstić information content (AvgIpc) is 3.01. The van der Waals surface area contributed by atoms with Crippen LogP contribution in [0.1, 0.15) is 51.0 Å². The van der Waals surface area contributed by atoms with E-state index in [1.165, 1.54) is 32.1 Å². The number of anilines is 1. The van der Waals surface area contributed by atoms with Gasteiger partial charge in [0, 0.05) is 41.6 Å². The molecule has 0 fully saturated rings. The molecular formula is C22H29N5O. The minimum absolute atomic E-state index is 0.238. The zero-order valence-electron chi connectivity index (χ0n) is 16.5. The quantitative estimate of drug-likeness (QED) is 0.519. The lowest BCUT2D eigenvalue weighted by atomic mass is 10.0. The van der Waals surface area contributed by atoms with Crippen molar-refractivity contribution in [1.29, 1.82) is 0 Å². The first-order chi connectivity index (χ1) is 13.6. The summed E-state index contributed by atoms with van der Waals surface area (Å²) in [5.74, 6) is -0.0656. The van der Waals surface area contributed by atoms with Crippen molar-refractivity contribution < 1.29 is 4.79 Å². The SMILES string of the molecule is CCCCCCCCn1cc(CC(N)=O)c2cc(-c3cnc(N)nc3)ccc21. The predicted octanol–water partition coefficient (Wildman–Crippen LogP) is 4.07.